The van der Waals surface area contributed by atoms with Crippen molar-refractivity contribution in [1.29, 1.82) is 0 Å². The van der Waals surface area contributed by atoms with Crippen LogP contribution in [0.25, 0.3) is 0 Å². The quantitative estimate of drug-likeness (QED) is 0.540. The summed E-state index contributed by atoms with van der Waals surface area (Å²) < 4.78 is 31.7. The second kappa shape index (κ2) is 7.81. The average Bonchev–Trinajstić information content (AvgIpc) is 2.57. The first-order chi connectivity index (χ1) is 11.7. The Labute approximate surface area is 151 Å². The van der Waals surface area contributed by atoms with Crippen LogP contribution in [0.15, 0.2) is 47.4 Å². The van der Waals surface area contributed by atoms with Gasteiger partial charge in [-0.25, -0.2) is 8.42 Å². The first-order valence-corrected chi connectivity index (χ1v) is 9.14. The third kappa shape index (κ3) is 4.47. The highest BCUT2D eigenvalue weighted by atomic mass is 35.5. The third-order valence-corrected chi connectivity index (χ3v) is 5.84. The van der Waals surface area contributed by atoms with Gasteiger partial charge in [-0.2, -0.15) is 4.31 Å². The first kappa shape index (κ1) is 19.2. The number of nitrogens with zero attached hydrogens (tertiary/aromatic N) is 2. The van der Waals surface area contributed by atoms with E-state index >= 15 is 0 Å². The zero-order valence-corrected chi connectivity index (χ0v) is 15.2. The Morgan fingerprint density at radius 3 is 2.48 bits per heavy atom. The van der Waals surface area contributed by atoms with Gasteiger partial charge in [0, 0.05) is 25.2 Å². The number of halogens is 1. The standard InChI is InChI=1S/C16H17ClN2O5S/c1-12-15(17)10-14(11-16(12)19(20)21)25(22,23)18(2)8-9-24-13-6-4-3-5-7-13/h3-7,10-11H,8-9H2,1-2H3. The van der Waals surface area contributed by atoms with Crippen molar-refractivity contribution < 1.29 is 18.1 Å². The van der Waals surface area contributed by atoms with Gasteiger partial charge in [0.05, 0.1) is 14.8 Å². The highest BCUT2D eigenvalue weighted by Gasteiger charge is 2.26. The monoisotopic (exact) mass is 384 g/mol. The van der Waals surface area contributed by atoms with Crippen LogP contribution in [0, 0.1) is 17.0 Å². The molecule has 0 bridgehead atoms. The maximum atomic E-state index is 12.6. The minimum Gasteiger partial charge on any atom is -0.492 e. The molecule has 0 saturated carbocycles. The molecule has 134 valence electrons. The maximum Gasteiger partial charge on any atom is 0.275 e. The third-order valence-electron chi connectivity index (χ3n) is 3.61. The summed E-state index contributed by atoms with van der Waals surface area (Å²) in [4.78, 5) is 10.2. The first-order valence-electron chi connectivity index (χ1n) is 7.32. The van der Waals surface area contributed by atoms with Crippen LogP contribution >= 0.6 is 11.6 Å². The van der Waals surface area contributed by atoms with Gasteiger partial charge in [-0.15, -0.1) is 0 Å². The number of benzene rings is 2. The number of sulfonamides is 1. The van der Waals surface area contributed by atoms with Gasteiger partial charge in [-0.1, -0.05) is 29.8 Å². The van der Waals surface area contributed by atoms with Gasteiger partial charge in [0.15, 0.2) is 0 Å². The molecule has 0 N–H and O–H groups in total. The lowest BCUT2D eigenvalue weighted by Crippen LogP contribution is -2.31. The molecule has 0 aliphatic carbocycles. The topological polar surface area (TPSA) is 89.8 Å². The summed E-state index contributed by atoms with van der Waals surface area (Å²) in [6.45, 7) is 1.69. The molecule has 0 aromatic heterocycles. The largest absolute Gasteiger partial charge is 0.492 e. The Morgan fingerprint density at radius 1 is 1.24 bits per heavy atom. The van der Waals surface area contributed by atoms with Crippen molar-refractivity contribution in [2.24, 2.45) is 0 Å². The highest BCUT2D eigenvalue weighted by Crippen LogP contribution is 2.30. The number of hydrogen-bond acceptors (Lipinski definition) is 5. The molecule has 0 heterocycles. The molecular formula is C16H17ClN2O5S. The van der Waals surface area contributed by atoms with Crippen LogP contribution in [0.3, 0.4) is 0 Å². The van der Waals surface area contributed by atoms with Gasteiger partial charge in [0.2, 0.25) is 10.0 Å². The summed E-state index contributed by atoms with van der Waals surface area (Å²) >= 11 is 5.95. The predicted molar refractivity (Wildman–Crippen MR) is 94.6 cm³/mol. The summed E-state index contributed by atoms with van der Waals surface area (Å²) in [5, 5.41) is 11.1. The fourth-order valence-electron chi connectivity index (χ4n) is 2.09. The Balaban J connectivity index is 2.16. The molecule has 2 rings (SSSR count). The molecule has 0 amide bonds. The number of ether oxygens (including phenoxy) is 1. The van der Waals surface area contributed by atoms with E-state index in [9.17, 15) is 18.5 Å². The maximum absolute atomic E-state index is 12.6. The van der Waals surface area contributed by atoms with E-state index in [2.05, 4.69) is 0 Å². The van der Waals surface area contributed by atoms with Crippen molar-refractivity contribution in [2.45, 2.75) is 11.8 Å². The number of rotatable bonds is 7. The van der Waals surface area contributed by atoms with E-state index < -0.39 is 14.9 Å². The predicted octanol–water partition coefficient (Wildman–Crippen LogP) is 3.26. The number of nitro benzene ring substituents is 1. The van der Waals surface area contributed by atoms with Gasteiger partial charge in [-0.05, 0) is 25.1 Å². The van der Waals surface area contributed by atoms with E-state index in [-0.39, 0.29) is 34.3 Å². The van der Waals surface area contributed by atoms with Gasteiger partial charge in [0.1, 0.15) is 12.4 Å². The zero-order chi connectivity index (χ0) is 18.6. The number of nitro groups is 1. The van der Waals surface area contributed by atoms with Crippen LogP contribution in [-0.2, 0) is 10.0 Å². The van der Waals surface area contributed by atoms with Crippen molar-refractivity contribution >= 4 is 27.3 Å². The fourth-order valence-corrected chi connectivity index (χ4v) is 3.57. The normalized spacial score (nSPS) is 11.5. The molecule has 0 fully saturated rings. The minimum atomic E-state index is -3.92. The zero-order valence-electron chi connectivity index (χ0n) is 13.7. The van der Waals surface area contributed by atoms with E-state index in [1.54, 1.807) is 12.1 Å². The van der Waals surface area contributed by atoms with Crippen molar-refractivity contribution in [2.75, 3.05) is 20.2 Å². The number of likely N-dealkylation sites (N-methyl/N-ethyl adjacent to an activating group) is 1. The second-order valence-corrected chi connectivity index (χ2v) is 7.75. The van der Waals surface area contributed by atoms with Crippen LogP contribution in [0.5, 0.6) is 5.75 Å². The molecule has 0 aliphatic heterocycles. The molecule has 0 spiro atoms. The lowest BCUT2D eigenvalue weighted by atomic mass is 10.2. The van der Waals surface area contributed by atoms with Crippen LogP contribution in [-0.4, -0.2) is 37.8 Å². The van der Waals surface area contributed by atoms with Crippen LogP contribution in [0.4, 0.5) is 5.69 Å². The van der Waals surface area contributed by atoms with Crippen LogP contribution < -0.4 is 4.74 Å². The second-order valence-electron chi connectivity index (χ2n) is 5.29. The molecule has 0 radical (unpaired) electrons. The van der Waals surface area contributed by atoms with Crippen LogP contribution in [0.2, 0.25) is 5.02 Å². The summed E-state index contributed by atoms with van der Waals surface area (Å²) in [5.74, 6) is 0.627. The SMILES string of the molecule is Cc1c(Cl)cc(S(=O)(=O)N(C)CCOc2ccccc2)cc1[N+](=O)[O-]. The van der Waals surface area contributed by atoms with E-state index in [0.29, 0.717) is 5.75 Å². The van der Waals surface area contributed by atoms with E-state index in [0.717, 1.165) is 10.4 Å². The Morgan fingerprint density at radius 2 is 1.88 bits per heavy atom. The molecule has 2 aromatic carbocycles. The molecule has 0 atom stereocenters. The Bertz CT molecular complexity index is 872. The fraction of sp³-hybridized carbons (Fsp3) is 0.250. The Kier molecular flexibility index (Phi) is 5.99. The molecule has 0 saturated heterocycles. The van der Waals surface area contributed by atoms with Gasteiger partial charge in [-0.3, -0.25) is 10.1 Å². The van der Waals surface area contributed by atoms with Crippen molar-refractivity contribution in [3.63, 3.8) is 0 Å². The summed E-state index contributed by atoms with van der Waals surface area (Å²) in [5.41, 5.74) is -0.110. The van der Waals surface area contributed by atoms with Crippen molar-refractivity contribution in [3.05, 3.63) is 63.2 Å². The summed E-state index contributed by atoms with van der Waals surface area (Å²) in [6.07, 6.45) is 0. The van der Waals surface area contributed by atoms with Crippen LogP contribution in [0.1, 0.15) is 5.56 Å². The molecular weight excluding hydrogens is 368 g/mol. The molecule has 7 nitrogen and oxygen atoms in total. The van der Waals surface area contributed by atoms with Gasteiger partial charge >= 0.3 is 0 Å². The Hall–Kier alpha value is -2.16. The van der Waals surface area contributed by atoms with E-state index in [4.69, 9.17) is 16.3 Å². The lowest BCUT2D eigenvalue weighted by Gasteiger charge is -2.18. The molecule has 0 unspecified atom stereocenters. The van der Waals surface area contributed by atoms with E-state index in [1.807, 2.05) is 18.2 Å². The number of para-hydroxylation sites is 1. The molecule has 0 aliphatic rings. The average molecular weight is 385 g/mol. The summed E-state index contributed by atoms with van der Waals surface area (Å²) in [7, 11) is -2.55. The summed E-state index contributed by atoms with van der Waals surface area (Å²) in [6, 6.07) is 11.2. The van der Waals surface area contributed by atoms with Crippen molar-refractivity contribution in [3.8, 4) is 5.75 Å². The highest BCUT2D eigenvalue weighted by molar-refractivity contribution is 7.89. The number of hydrogen-bond donors (Lipinski definition) is 0. The lowest BCUT2D eigenvalue weighted by molar-refractivity contribution is -0.385. The molecule has 25 heavy (non-hydrogen) atoms. The molecule has 9 heteroatoms. The van der Waals surface area contributed by atoms with E-state index in [1.165, 1.54) is 20.0 Å². The molecule has 2 aromatic rings. The smallest absolute Gasteiger partial charge is 0.275 e. The van der Waals surface area contributed by atoms with Gasteiger partial charge < -0.3 is 4.74 Å². The van der Waals surface area contributed by atoms with Gasteiger partial charge in [0.25, 0.3) is 5.69 Å². The minimum absolute atomic E-state index is 0.0294. The van der Waals surface area contributed by atoms with Crippen molar-refractivity contribution in [1.82, 2.24) is 4.31 Å².